The summed E-state index contributed by atoms with van der Waals surface area (Å²) >= 11 is 3.18. The number of halogens is 1. The molecule has 0 spiro atoms. The summed E-state index contributed by atoms with van der Waals surface area (Å²) in [6.07, 6.45) is 1.73. The van der Waals surface area contributed by atoms with Crippen molar-refractivity contribution in [2.24, 2.45) is 0 Å². The first-order valence-corrected chi connectivity index (χ1v) is 13.2. The Labute approximate surface area is 227 Å². The van der Waals surface area contributed by atoms with E-state index in [4.69, 9.17) is 9.47 Å². The van der Waals surface area contributed by atoms with Crippen LogP contribution >= 0.6 is 34.4 Å². The Morgan fingerprint density at radius 3 is 2.50 bits per heavy atom. The van der Waals surface area contributed by atoms with E-state index in [9.17, 15) is 9.59 Å². The summed E-state index contributed by atoms with van der Waals surface area (Å²) in [4.78, 5) is 27.2. The van der Waals surface area contributed by atoms with E-state index in [1.165, 1.54) is 4.90 Å². The fourth-order valence-corrected chi connectivity index (χ4v) is 5.23. The number of carbonyl (C=O) groups excluding carboxylic acids is 2. The lowest BCUT2D eigenvalue weighted by Gasteiger charge is -2.13. The van der Waals surface area contributed by atoms with Gasteiger partial charge in [0.2, 0.25) is 0 Å². The first-order chi connectivity index (χ1) is 17.5. The molecule has 0 N–H and O–H groups in total. The van der Waals surface area contributed by atoms with E-state index in [1.807, 2.05) is 60.7 Å². The van der Waals surface area contributed by atoms with Crippen molar-refractivity contribution in [1.29, 1.82) is 0 Å². The summed E-state index contributed by atoms with van der Waals surface area (Å²) in [6.45, 7) is 0.620. The maximum Gasteiger partial charge on any atom is 0.293 e. The average molecular weight is 607 g/mol. The van der Waals surface area contributed by atoms with Gasteiger partial charge in [0.25, 0.3) is 11.1 Å². The molecule has 2 amide bonds. The summed E-state index contributed by atoms with van der Waals surface area (Å²) < 4.78 is 12.8. The van der Waals surface area contributed by atoms with Crippen LogP contribution in [0.1, 0.15) is 16.7 Å². The van der Waals surface area contributed by atoms with Gasteiger partial charge in [-0.25, -0.2) is 0 Å². The van der Waals surface area contributed by atoms with Crippen LogP contribution in [-0.2, 0) is 17.9 Å². The van der Waals surface area contributed by atoms with Crippen LogP contribution in [0.5, 0.6) is 11.5 Å². The number of rotatable bonds is 7. The summed E-state index contributed by atoms with van der Waals surface area (Å²) in [6, 6.07) is 27.6. The molecule has 1 heterocycles. The molecule has 36 heavy (non-hydrogen) atoms. The highest BCUT2D eigenvalue weighted by Crippen LogP contribution is 2.35. The van der Waals surface area contributed by atoms with E-state index < -0.39 is 0 Å². The van der Waals surface area contributed by atoms with Gasteiger partial charge < -0.3 is 9.47 Å². The Morgan fingerprint density at radius 2 is 1.69 bits per heavy atom. The molecular weight excluding hydrogens is 585 g/mol. The molecule has 1 fully saturated rings. The standard InChI is InChI=1S/C29H22INO4S/c1-34-25-14-11-20(15-26(25)35-18-22-7-4-6-21-5-2-3-8-24(21)22)16-27-28(32)31(29(33)36-27)17-19-9-12-23(30)13-10-19/h2-16H,17-18H2,1H3/b27-16-. The molecule has 4 aromatic rings. The van der Waals surface area contributed by atoms with Crippen molar-refractivity contribution in [2.75, 3.05) is 7.11 Å². The molecule has 4 aromatic carbocycles. The van der Waals surface area contributed by atoms with Crippen LogP contribution in [0.2, 0.25) is 0 Å². The van der Waals surface area contributed by atoms with Crippen LogP contribution in [0, 0.1) is 3.57 Å². The first kappa shape index (κ1) is 24.4. The molecule has 0 aromatic heterocycles. The van der Waals surface area contributed by atoms with Crippen LogP contribution in [0.15, 0.2) is 89.8 Å². The molecule has 0 aliphatic carbocycles. The van der Waals surface area contributed by atoms with Crippen molar-refractivity contribution in [1.82, 2.24) is 4.90 Å². The summed E-state index contributed by atoms with van der Waals surface area (Å²) in [5.41, 5.74) is 2.73. The molecule has 0 atom stereocenters. The second-order valence-electron chi connectivity index (χ2n) is 8.23. The predicted octanol–water partition coefficient (Wildman–Crippen LogP) is 7.27. The molecule has 0 radical (unpaired) electrons. The van der Waals surface area contributed by atoms with Crippen molar-refractivity contribution in [3.05, 3.63) is 110 Å². The molecule has 5 rings (SSSR count). The second kappa shape index (κ2) is 10.8. The zero-order chi connectivity index (χ0) is 25.1. The number of carbonyl (C=O) groups is 2. The number of fused-ring (bicyclic) bond motifs is 1. The van der Waals surface area contributed by atoms with Crippen molar-refractivity contribution in [3.63, 3.8) is 0 Å². The quantitative estimate of drug-likeness (QED) is 0.164. The number of hydrogen-bond donors (Lipinski definition) is 0. The van der Waals surface area contributed by atoms with Gasteiger partial charge in [-0.1, -0.05) is 60.7 Å². The molecule has 1 saturated heterocycles. The van der Waals surface area contributed by atoms with Gasteiger partial charge in [-0.05, 0) is 92.2 Å². The smallest absolute Gasteiger partial charge is 0.293 e. The van der Waals surface area contributed by atoms with Gasteiger partial charge in [0.15, 0.2) is 11.5 Å². The first-order valence-electron chi connectivity index (χ1n) is 11.3. The number of methoxy groups -OCH3 is 1. The van der Waals surface area contributed by atoms with Crippen LogP contribution in [0.4, 0.5) is 4.79 Å². The number of ether oxygens (including phenoxy) is 2. The van der Waals surface area contributed by atoms with Crippen molar-refractivity contribution in [2.45, 2.75) is 13.2 Å². The lowest BCUT2D eigenvalue weighted by Crippen LogP contribution is -2.27. The zero-order valence-corrected chi connectivity index (χ0v) is 22.4. The second-order valence-corrected chi connectivity index (χ2v) is 10.5. The van der Waals surface area contributed by atoms with Crippen molar-refractivity contribution in [3.8, 4) is 11.5 Å². The van der Waals surface area contributed by atoms with Crippen LogP contribution < -0.4 is 9.47 Å². The minimum Gasteiger partial charge on any atom is -0.493 e. The monoisotopic (exact) mass is 607 g/mol. The molecule has 0 bridgehead atoms. The number of nitrogens with zero attached hydrogens (tertiary/aromatic N) is 1. The van der Waals surface area contributed by atoms with Crippen molar-refractivity contribution < 1.29 is 19.1 Å². The molecule has 5 nitrogen and oxygen atoms in total. The summed E-state index contributed by atoms with van der Waals surface area (Å²) in [5, 5.41) is 2.02. The van der Waals surface area contributed by atoms with Gasteiger partial charge in [-0.2, -0.15) is 0 Å². The highest BCUT2D eigenvalue weighted by atomic mass is 127. The summed E-state index contributed by atoms with van der Waals surface area (Å²) in [7, 11) is 1.59. The number of hydrogen-bond acceptors (Lipinski definition) is 5. The van der Waals surface area contributed by atoms with E-state index in [-0.39, 0.29) is 17.7 Å². The summed E-state index contributed by atoms with van der Waals surface area (Å²) in [5.74, 6) is 0.870. The average Bonchev–Trinajstić information content (AvgIpc) is 3.16. The third-order valence-electron chi connectivity index (χ3n) is 5.88. The van der Waals surface area contributed by atoms with E-state index in [0.717, 1.165) is 42.8 Å². The molecule has 7 heteroatoms. The Balaban J connectivity index is 1.35. The predicted molar refractivity (Wildman–Crippen MR) is 152 cm³/mol. The van der Waals surface area contributed by atoms with Crippen LogP contribution in [0.3, 0.4) is 0 Å². The topological polar surface area (TPSA) is 55.8 Å². The SMILES string of the molecule is COc1ccc(/C=C2\SC(=O)N(Cc3ccc(I)cc3)C2=O)cc1OCc1cccc2ccccc12. The van der Waals surface area contributed by atoms with E-state index in [2.05, 4.69) is 40.8 Å². The lowest BCUT2D eigenvalue weighted by molar-refractivity contribution is -0.123. The molecule has 0 saturated carbocycles. The maximum atomic E-state index is 13.0. The molecular formula is C29H22INO4S. The van der Waals surface area contributed by atoms with Gasteiger partial charge in [-0.3, -0.25) is 14.5 Å². The number of benzene rings is 4. The van der Waals surface area contributed by atoms with Crippen LogP contribution in [0.25, 0.3) is 16.8 Å². The van der Waals surface area contributed by atoms with Crippen molar-refractivity contribution >= 4 is 62.3 Å². The number of amides is 2. The van der Waals surface area contributed by atoms with Gasteiger partial charge in [-0.15, -0.1) is 0 Å². The minimum atomic E-state index is -0.294. The van der Waals surface area contributed by atoms with Gasteiger partial charge in [0, 0.05) is 3.57 Å². The largest absolute Gasteiger partial charge is 0.493 e. The minimum absolute atomic E-state index is 0.251. The molecule has 1 aliphatic heterocycles. The number of thioether (sulfide) groups is 1. The molecule has 180 valence electrons. The Kier molecular flexibility index (Phi) is 7.29. The molecule has 0 unspecified atom stereocenters. The van der Waals surface area contributed by atoms with Gasteiger partial charge in [0.05, 0.1) is 18.6 Å². The highest BCUT2D eigenvalue weighted by Gasteiger charge is 2.35. The fraction of sp³-hybridized carbons (Fsp3) is 0.103. The highest BCUT2D eigenvalue weighted by molar-refractivity contribution is 14.1. The third-order valence-corrected chi connectivity index (χ3v) is 7.50. The van der Waals surface area contributed by atoms with E-state index in [1.54, 1.807) is 19.3 Å². The lowest BCUT2D eigenvalue weighted by atomic mass is 10.1. The maximum absolute atomic E-state index is 13.0. The van der Waals surface area contributed by atoms with Gasteiger partial charge >= 0.3 is 0 Å². The number of imide groups is 1. The van der Waals surface area contributed by atoms with E-state index >= 15 is 0 Å². The fourth-order valence-electron chi connectivity index (χ4n) is 4.03. The Morgan fingerprint density at radius 1 is 0.917 bits per heavy atom. The third kappa shape index (κ3) is 5.27. The van der Waals surface area contributed by atoms with Gasteiger partial charge in [0.1, 0.15) is 6.61 Å². The Bertz CT molecular complexity index is 1480. The zero-order valence-electron chi connectivity index (χ0n) is 19.4. The Hall–Kier alpha value is -3.30. The normalized spacial score (nSPS) is 14.6. The van der Waals surface area contributed by atoms with E-state index in [0.29, 0.717) is 23.0 Å². The van der Waals surface area contributed by atoms with Crippen LogP contribution in [-0.4, -0.2) is 23.2 Å². The molecule has 1 aliphatic rings.